The minimum absolute atomic E-state index is 0.0632. The summed E-state index contributed by atoms with van der Waals surface area (Å²) in [5.41, 5.74) is 1.29. The zero-order valence-corrected chi connectivity index (χ0v) is 16.4. The number of urea groups is 1. The predicted molar refractivity (Wildman–Crippen MR) is 106 cm³/mol. The van der Waals surface area contributed by atoms with E-state index >= 15 is 0 Å². The van der Waals surface area contributed by atoms with Gasteiger partial charge in [0.2, 0.25) is 0 Å². The summed E-state index contributed by atoms with van der Waals surface area (Å²) in [4.78, 5) is 22.1. The number of thiophene rings is 1. The Kier molecular flexibility index (Phi) is 6.63. The number of aromatic nitrogens is 1. The normalized spacial score (nSPS) is 16.7. The maximum Gasteiger partial charge on any atom is 0.317 e. The average molecular weight is 373 g/mol. The first-order valence-electron chi connectivity index (χ1n) is 9.25. The molecule has 1 N–H and O–H groups in total. The maximum absolute atomic E-state index is 12.5. The standard InChI is InChI=1S/C20H28N4OS/c1-23(2)18(19-6-4-12-26-19)15-22-20(25)24-10-7-16(8-11-24)13-17-5-3-9-21-14-17/h3-6,9,12,14,16,18H,7-8,10-11,13,15H2,1-2H3,(H,22,25)/t18-/m1/s1. The van der Waals surface area contributed by atoms with Gasteiger partial charge in [-0.05, 0) is 62.4 Å². The van der Waals surface area contributed by atoms with E-state index in [0.29, 0.717) is 12.5 Å². The number of nitrogens with zero attached hydrogens (tertiary/aromatic N) is 3. The fraction of sp³-hybridized carbons (Fsp3) is 0.500. The Hall–Kier alpha value is -1.92. The first kappa shape index (κ1) is 18.9. The van der Waals surface area contributed by atoms with Crippen molar-refractivity contribution in [2.75, 3.05) is 33.7 Å². The number of hydrogen-bond donors (Lipinski definition) is 1. The smallest absolute Gasteiger partial charge is 0.317 e. The lowest BCUT2D eigenvalue weighted by Crippen LogP contribution is -2.46. The van der Waals surface area contributed by atoms with Gasteiger partial charge in [0, 0.05) is 36.9 Å². The van der Waals surface area contributed by atoms with Crippen LogP contribution in [0.2, 0.25) is 0 Å². The Balaban J connectivity index is 1.45. The van der Waals surface area contributed by atoms with E-state index < -0.39 is 0 Å². The Morgan fingerprint density at radius 1 is 1.35 bits per heavy atom. The van der Waals surface area contributed by atoms with Crippen LogP contribution in [-0.4, -0.2) is 54.5 Å². The third-order valence-electron chi connectivity index (χ3n) is 5.09. The van der Waals surface area contributed by atoms with Crippen LogP contribution >= 0.6 is 11.3 Å². The maximum atomic E-state index is 12.5. The van der Waals surface area contributed by atoms with Gasteiger partial charge in [0.1, 0.15) is 0 Å². The van der Waals surface area contributed by atoms with E-state index in [0.717, 1.165) is 32.4 Å². The number of amides is 2. The van der Waals surface area contributed by atoms with Gasteiger partial charge in [0.05, 0.1) is 6.04 Å². The number of rotatable bonds is 6. The van der Waals surface area contributed by atoms with Gasteiger partial charge in [0.15, 0.2) is 0 Å². The summed E-state index contributed by atoms with van der Waals surface area (Å²) in [5, 5.41) is 5.21. The quantitative estimate of drug-likeness (QED) is 0.845. The van der Waals surface area contributed by atoms with Crippen molar-refractivity contribution in [1.82, 2.24) is 20.1 Å². The molecular formula is C20H28N4OS. The molecule has 1 saturated heterocycles. The number of likely N-dealkylation sites (tertiary alicyclic amines) is 1. The number of hydrogen-bond acceptors (Lipinski definition) is 4. The fourth-order valence-corrected chi connectivity index (χ4v) is 4.43. The second-order valence-electron chi connectivity index (χ2n) is 7.18. The van der Waals surface area contributed by atoms with E-state index in [1.54, 1.807) is 11.3 Å². The summed E-state index contributed by atoms with van der Waals surface area (Å²) in [6.45, 7) is 2.31. The van der Waals surface area contributed by atoms with Crippen LogP contribution in [0.25, 0.3) is 0 Å². The van der Waals surface area contributed by atoms with E-state index in [4.69, 9.17) is 0 Å². The molecule has 6 heteroatoms. The van der Waals surface area contributed by atoms with Crippen LogP contribution in [0, 0.1) is 5.92 Å². The van der Waals surface area contributed by atoms with Crippen LogP contribution in [0.4, 0.5) is 4.79 Å². The molecule has 2 amide bonds. The molecule has 1 fully saturated rings. The zero-order valence-electron chi connectivity index (χ0n) is 15.6. The Bertz CT molecular complexity index is 666. The van der Waals surface area contributed by atoms with E-state index in [1.165, 1.54) is 10.4 Å². The molecular weight excluding hydrogens is 344 g/mol. The van der Waals surface area contributed by atoms with Crippen molar-refractivity contribution in [2.24, 2.45) is 5.92 Å². The van der Waals surface area contributed by atoms with Crippen molar-refractivity contribution < 1.29 is 4.79 Å². The van der Waals surface area contributed by atoms with Gasteiger partial charge in [-0.15, -0.1) is 11.3 Å². The molecule has 26 heavy (non-hydrogen) atoms. The summed E-state index contributed by atoms with van der Waals surface area (Å²) in [6, 6.07) is 8.61. The first-order valence-corrected chi connectivity index (χ1v) is 10.1. The van der Waals surface area contributed by atoms with Crippen LogP contribution < -0.4 is 5.32 Å². The highest BCUT2D eigenvalue weighted by Gasteiger charge is 2.24. The largest absolute Gasteiger partial charge is 0.336 e. The van der Waals surface area contributed by atoms with Gasteiger partial charge in [-0.2, -0.15) is 0 Å². The summed E-state index contributed by atoms with van der Waals surface area (Å²) in [7, 11) is 4.11. The van der Waals surface area contributed by atoms with Crippen molar-refractivity contribution in [3.8, 4) is 0 Å². The molecule has 5 nitrogen and oxygen atoms in total. The molecule has 0 spiro atoms. The average Bonchev–Trinajstić information content (AvgIpc) is 3.17. The van der Waals surface area contributed by atoms with Crippen molar-refractivity contribution in [1.29, 1.82) is 0 Å². The monoisotopic (exact) mass is 372 g/mol. The Morgan fingerprint density at radius 2 is 2.15 bits per heavy atom. The third kappa shape index (κ3) is 5.05. The molecule has 0 radical (unpaired) electrons. The van der Waals surface area contributed by atoms with Crippen LogP contribution in [0.3, 0.4) is 0 Å². The van der Waals surface area contributed by atoms with Gasteiger partial charge in [-0.3, -0.25) is 4.98 Å². The van der Waals surface area contributed by atoms with Crippen molar-refractivity contribution in [3.63, 3.8) is 0 Å². The van der Waals surface area contributed by atoms with Gasteiger partial charge >= 0.3 is 6.03 Å². The SMILES string of the molecule is CN(C)[C@H](CNC(=O)N1CCC(Cc2cccnc2)CC1)c1cccs1. The van der Waals surface area contributed by atoms with Crippen LogP contribution in [0.1, 0.15) is 29.3 Å². The van der Waals surface area contributed by atoms with Gasteiger partial charge < -0.3 is 15.1 Å². The van der Waals surface area contributed by atoms with Crippen LogP contribution in [0.15, 0.2) is 42.0 Å². The molecule has 0 unspecified atom stereocenters. The Labute approximate surface area is 160 Å². The summed E-state index contributed by atoms with van der Waals surface area (Å²) >= 11 is 1.74. The number of carbonyl (C=O) groups is 1. The van der Waals surface area contributed by atoms with Gasteiger partial charge in [-0.25, -0.2) is 4.79 Å². The van der Waals surface area contributed by atoms with Crippen LogP contribution in [0.5, 0.6) is 0 Å². The molecule has 3 rings (SSSR count). The minimum atomic E-state index is 0.0632. The number of piperidine rings is 1. The molecule has 3 heterocycles. The molecule has 140 valence electrons. The van der Waals surface area contributed by atoms with E-state index in [2.05, 4.69) is 52.9 Å². The van der Waals surface area contributed by atoms with Crippen molar-refractivity contribution in [3.05, 3.63) is 52.5 Å². The predicted octanol–water partition coefficient (Wildman–Crippen LogP) is 3.41. The lowest BCUT2D eigenvalue weighted by molar-refractivity contribution is 0.167. The molecule has 0 aliphatic carbocycles. The highest BCUT2D eigenvalue weighted by molar-refractivity contribution is 7.10. The molecule has 2 aromatic heterocycles. The van der Waals surface area contributed by atoms with Crippen LogP contribution in [-0.2, 0) is 6.42 Å². The van der Waals surface area contributed by atoms with E-state index in [-0.39, 0.29) is 12.1 Å². The van der Waals surface area contributed by atoms with Gasteiger partial charge in [-0.1, -0.05) is 12.1 Å². The molecule has 0 bridgehead atoms. The topological polar surface area (TPSA) is 48.5 Å². The molecule has 1 atom stereocenters. The third-order valence-corrected chi connectivity index (χ3v) is 6.06. The highest BCUT2D eigenvalue weighted by Crippen LogP contribution is 2.23. The van der Waals surface area contributed by atoms with Crippen molar-refractivity contribution in [2.45, 2.75) is 25.3 Å². The first-order chi connectivity index (χ1) is 12.6. The number of carbonyl (C=O) groups excluding carboxylic acids is 1. The highest BCUT2D eigenvalue weighted by atomic mass is 32.1. The Morgan fingerprint density at radius 3 is 2.77 bits per heavy atom. The zero-order chi connectivity index (χ0) is 18.4. The summed E-state index contributed by atoms with van der Waals surface area (Å²) < 4.78 is 0. The lowest BCUT2D eigenvalue weighted by Gasteiger charge is -2.33. The lowest BCUT2D eigenvalue weighted by atomic mass is 9.91. The molecule has 0 saturated carbocycles. The van der Waals surface area contributed by atoms with E-state index in [1.807, 2.05) is 23.4 Å². The summed E-state index contributed by atoms with van der Waals surface area (Å²) in [5.74, 6) is 0.642. The molecule has 0 aromatic carbocycles. The number of nitrogens with one attached hydrogen (secondary N) is 1. The summed E-state index contributed by atoms with van der Waals surface area (Å²) in [6.07, 6.45) is 6.94. The molecule has 1 aliphatic heterocycles. The van der Waals surface area contributed by atoms with Crippen molar-refractivity contribution >= 4 is 17.4 Å². The number of likely N-dealkylation sites (N-methyl/N-ethyl adjacent to an activating group) is 1. The van der Waals surface area contributed by atoms with Gasteiger partial charge in [0.25, 0.3) is 0 Å². The number of pyridine rings is 1. The second kappa shape index (κ2) is 9.14. The minimum Gasteiger partial charge on any atom is -0.336 e. The van der Waals surface area contributed by atoms with E-state index in [9.17, 15) is 4.79 Å². The fourth-order valence-electron chi connectivity index (χ4n) is 3.51. The second-order valence-corrected chi connectivity index (χ2v) is 8.16. The molecule has 1 aliphatic rings. The molecule has 2 aromatic rings.